The quantitative estimate of drug-likeness (QED) is 0.501. The zero-order valence-electron chi connectivity index (χ0n) is 14.3. The maximum absolute atomic E-state index is 13.5. The van der Waals surface area contributed by atoms with Crippen LogP contribution >= 0.6 is 0 Å². The molecule has 1 rings (SSSR count). The lowest BCUT2D eigenvalue weighted by atomic mass is 9.82. The van der Waals surface area contributed by atoms with Crippen LogP contribution in [0.2, 0.25) is 0 Å². The van der Waals surface area contributed by atoms with Crippen LogP contribution in [0.1, 0.15) is 84.0 Å². The van der Waals surface area contributed by atoms with E-state index in [4.69, 9.17) is 0 Å². The Morgan fingerprint density at radius 1 is 1.09 bits per heavy atom. The van der Waals surface area contributed by atoms with E-state index in [0.29, 0.717) is 6.42 Å². The zero-order chi connectivity index (χ0) is 16.3. The molecule has 1 fully saturated rings. The third kappa shape index (κ3) is 8.42. The fourth-order valence-electron chi connectivity index (χ4n) is 3.48. The van der Waals surface area contributed by atoms with Gasteiger partial charge in [0.25, 0.3) is 0 Å². The third-order valence-electron chi connectivity index (χ3n) is 4.88. The highest BCUT2D eigenvalue weighted by molar-refractivity contribution is 4.85. The standard InChI is InChI=1S/C18H35F2NO/c1-2-3-4-5-6-7-8-9-13-21-17(15-22)16-11-10-12-18(19,20)14-16/h16-17,21-22H,2-15H2,1H3/t16?,17-/m1/s1. The number of halogens is 2. The summed E-state index contributed by atoms with van der Waals surface area (Å²) in [4.78, 5) is 0. The number of unbranched alkanes of at least 4 members (excludes halogenated alkanes) is 7. The van der Waals surface area contributed by atoms with E-state index in [-0.39, 0.29) is 31.4 Å². The van der Waals surface area contributed by atoms with Crippen molar-refractivity contribution in [1.29, 1.82) is 0 Å². The summed E-state index contributed by atoms with van der Waals surface area (Å²) in [6.07, 6.45) is 11.5. The lowest BCUT2D eigenvalue weighted by molar-refractivity contribution is -0.0608. The van der Waals surface area contributed by atoms with Gasteiger partial charge in [-0.2, -0.15) is 0 Å². The summed E-state index contributed by atoms with van der Waals surface area (Å²) in [5.74, 6) is -2.61. The number of hydrogen-bond acceptors (Lipinski definition) is 2. The van der Waals surface area contributed by atoms with Crippen LogP contribution in [-0.2, 0) is 0 Å². The molecular formula is C18H35F2NO. The Bertz CT molecular complexity index is 274. The maximum Gasteiger partial charge on any atom is 0.248 e. The number of alkyl halides is 2. The van der Waals surface area contributed by atoms with E-state index in [0.717, 1.165) is 19.4 Å². The topological polar surface area (TPSA) is 32.3 Å². The third-order valence-corrected chi connectivity index (χ3v) is 4.88. The fourth-order valence-corrected chi connectivity index (χ4v) is 3.48. The number of hydrogen-bond donors (Lipinski definition) is 2. The van der Waals surface area contributed by atoms with E-state index in [1.54, 1.807) is 0 Å². The second kappa shape index (κ2) is 11.3. The Labute approximate surface area is 135 Å². The first-order chi connectivity index (χ1) is 10.6. The molecular weight excluding hydrogens is 284 g/mol. The van der Waals surface area contributed by atoms with Gasteiger partial charge in [-0.05, 0) is 31.7 Å². The number of nitrogens with one attached hydrogen (secondary N) is 1. The number of aliphatic hydroxyl groups is 1. The fraction of sp³-hybridized carbons (Fsp3) is 1.00. The number of rotatable bonds is 12. The van der Waals surface area contributed by atoms with Gasteiger partial charge in [0.1, 0.15) is 0 Å². The van der Waals surface area contributed by atoms with Crippen molar-refractivity contribution in [2.45, 2.75) is 95.9 Å². The van der Waals surface area contributed by atoms with Gasteiger partial charge in [-0.1, -0.05) is 51.9 Å². The Balaban J connectivity index is 2.06. The van der Waals surface area contributed by atoms with Gasteiger partial charge in [0.05, 0.1) is 6.61 Å². The first-order valence-electron chi connectivity index (χ1n) is 9.31. The lowest BCUT2D eigenvalue weighted by Crippen LogP contribution is -2.43. The van der Waals surface area contributed by atoms with Crippen molar-refractivity contribution < 1.29 is 13.9 Å². The van der Waals surface area contributed by atoms with E-state index < -0.39 is 5.92 Å². The first-order valence-corrected chi connectivity index (χ1v) is 9.31. The van der Waals surface area contributed by atoms with Crippen molar-refractivity contribution in [2.24, 2.45) is 5.92 Å². The summed E-state index contributed by atoms with van der Waals surface area (Å²) in [6, 6.07) is -0.157. The van der Waals surface area contributed by atoms with E-state index in [2.05, 4.69) is 12.2 Å². The lowest BCUT2D eigenvalue weighted by Gasteiger charge is -2.34. The molecule has 22 heavy (non-hydrogen) atoms. The predicted octanol–water partition coefficient (Wildman–Crippen LogP) is 4.90. The van der Waals surface area contributed by atoms with Crippen LogP contribution in [0.15, 0.2) is 0 Å². The van der Waals surface area contributed by atoms with Crippen LogP contribution in [0.5, 0.6) is 0 Å². The van der Waals surface area contributed by atoms with Crippen LogP contribution in [0, 0.1) is 5.92 Å². The van der Waals surface area contributed by atoms with Gasteiger partial charge in [0.2, 0.25) is 5.92 Å². The average molecular weight is 319 g/mol. The second-order valence-corrected chi connectivity index (χ2v) is 6.93. The Morgan fingerprint density at radius 3 is 2.32 bits per heavy atom. The summed E-state index contributed by atoms with van der Waals surface area (Å²) in [5.41, 5.74) is 0. The second-order valence-electron chi connectivity index (χ2n) is 6.93. The molecule has 2 N–H and O–H groups in total. The summed E-state index contributed by atoms with van der Waals surface area (Å²) in [6.45, 7) is 3.03. The SMILES string of the molecule is CCCCCCCCCCN[C@H](CO)C1CCCC(F)(F)C1. The van der Waals surface area contributed by atoms with Crippen LogP contribution in [0.25, 0.3) is 0 Å². The largest absolute Gasteiger partial charge is 0.395 e. The van der Waals surface area contributed by atoms with Gasteiger partial charge >= 0.3 is 0 Å². The maximum atomic E-state index is 13.5. The van der Waals surface area contributed by atoms with E-state index in [1.165, 1.54) is 44.9 Å². The van der Waals surface area contributed by atoms with Crippen molar-refractivity contribution in [3.05, 3.63) is 0 Å². The molecule has 1 unspecified atom stereocenters. The van der Waals surface area contributed by atoms with Gasteiger partial charge in [0, 0.05) is 18.9 Å². The highest BCUT2D eigenvalue weighted by Crippen LogP contribution is 2.37. The molecule has 0 radical (unpaired) electrons. The molecule has 0 amide bonds. The van der Waals surface area contributed by atoms with Crippen molar-refractivity contribution in [3.63, 3.8) is 0 Å². The molecule has 1 aliphatic carbocycles. The monoisotopic (exact) mass is 319 g/mol. The van der Waals surface area contributed by atoms with Gasteiger partial charge in [-0.15, -0.1) is 0 Å². The molecule has 0 aliphatic heterocycles. The highest BCUT2D eigenvalue weighted by Gasteiger charge is 2.38. The summed E-state index contributed by atoms with van der Waals surface area (Å²) in [7, 11) is 0. The molecule has 0 spiro atoms. The molecule has 132 valence electrons. The molecule has 0 aromatic heterocycles. The minimum Gasteiger partial charge on any atom is -0.395 e. The van der Waals surface area contributed by atoms with E-state index in [9.17, 15) is 13.9 Å². The molecule has 0 aromatic rings. The minimum absolute atomic E-state index is 0.0136. The normalized spacial score (nSPS) is 22.6. The Hall–Kier alpha value is -0.220. The van der Waals surface area contributed by atoms with Crippen LogP contribution in [-0.4, -0.2) is 30.2 Å². The van der Waals surface area contributed by atoms with Crippen molar-refractivity contribution in [2.75, 3.05) is 13.2 Å². The number of aliphatic hydroxyl groups excluding tert-OH is 1. The molecule has 0 heterocycles. The van der Waals surface area contributed by atoms with Crippen LogP contribution in [0.4, 0.5) is 8.78 Å². The van der Waals surface area contributed by atoms with Gasteiger partial charge < -0.3 is 10.4 Å². The smallest absolute Gasteiger partial charge is 0.248 e. The predicted molar refractivity (Wildman–Crippen MR) is 88.4 cm³/mol. The van der Waals surface area contributed by atoms with E-state index >= 15 is 0 Å². The Kier molecular flexibility index (Phi) is 10.2. The average Bonchev–Trinajstić information content (AvgIpc) is 2.48. The molecule has 4 heteroatoms. The summed E-state index contributed by atoms with van der Waals surface area (Å²) >= 11 is 0. The first kappa shape index (κ1) is 19.8. The molecule has 0 aromatic carbocycles. The summed E-state index contributed by atoms with van der Waals surface area (Å²) < 4.78 is 26.9. The van der Waals surface area contributed by atoms with Crippen molar-refractivity contribution >= 4 is 0 Å². The Morgan fingerprint density at radius 2 is 1.73 bits per heavy atom. The van der Waals surface area contributed by atoms with Gasteiger partial charge in [0.15, 0.2) is 0 Å². The highest BCUT2D eigenvalue weighted by atomic mass is 19.3. The zero-order valence-corrected chi connectivity index (χ0v) is 14.3. The molecule has 1 saturated carbocycles. The molecule has 2 atom stereocenters. The minimum atomic E-state index is -2.53. The van der Waals surface area contributed by atoms with Crippen molar-refractivity contribution in [1.82, 2.24) is 5.32 Å². The van der Waals surface area contributed by atoms with Crippen molar-refractivity contribution in [3.8, 4) is 0 Å². The van der Waals surface area contributed by atoms with Crippen LogP contribution in [0.3, 0.4) is 0 Å². The molecule has 0 saturated heterocycles. The molecule has 2 nitrogen and oxygen atoms in total. The van der Waals surface area contributed by atoms with Crippen LogP contribution < -0.4 is 5.32 Å². The van der Waals surface area contributed by atoms with Gasteiger partial charge in [-0.3, -0.25) is 0 Å². The summed E-state index contributed by atoms with van der Waals surface area (Å²) in [5, 5.41) is 12.8. The van der Waals surface area contributed by atoms with E-state index in [1.807, 2.05) is 0 Å². The molecule has 1 aliphatic rings. The van der Waals surface area contributed by atoms with Gasteiger partial charge in [-0.25, -0.2) is 8.78 Å². The molecule has 0 bridgehead atoms.